The van der Waals surface area contributed by atoms with Crippen molar-refractivity contribution in [2.75, 3.05) is 5.32 Å². The van der Waals surface area contributed by atoms with Crippen molar-refractivity contribution in [3.05, 3.63) is 59.2 Å². The molecule has 6 nitrogen and oxygen atoms in total. The summed E-state index contributed by atoms with van der Waals surface area (Å²) in [6.45, 7) is 0. The molecular formula is C16H10F7N5O. The standard InChI is InChI=1S/C16H10F7N5O/c1-27-6-7(11(26-27)14(19)20)15(29)25-10-5-24-28(13(10)16(21,22)23)12-8(17)3-2-4-9(12)18/h2-6,14H,1H3,(H,25,29). The SMILES string of the molecule is Cn1cc(C(=O)Nc2cnn(-c3c(F)cccc3F)c2C(F)(F)F)c(C(F)F)n1. The van der Waals surface area contributed by atoms with Crippen LogP contribution in [-0.2, 0) is 13.2 Å². The van der Waals surface area contributed by atoms with Crippen LogP contribution in [0.25, 0.3) is 5.69 Å². The monoisotopic (exact) mass is 421 g/mol. The molecule has 154 valence electrons. The van der Waals surface area contributed by atoms with Crippen LogP contribution in [-0.4, -0.2) is 25.5 Å². The summed E-state index contributed by atoms with van der Waals surface area (Å²) in [5.41, 5.74) is -5.40. The maximum atomic E-state index is 13.9. The Kier molecular flexibility index (Phi) is 5.07. The number of aromatic nitrogens is 4. The van der Waals surface area contributed by atoms with Crippen molar-refractivity contribution < 1.29 is 35.5 Å². The van der Waals surface area contributed by atoms with E-state index in [2.05, 4.69) is 10.2 Å². The molecule has 0 spiro atoms. The number of benzene rings is 1. The smallest absolute Gasteiger partial charge is 0.319 e. The minimum absolute atomic E-state index is 0.0580. The van der Waals surface area contributed by atoms with Gasteiger partial charge in [0.2, 0.25) is 0 Å². The maximum Gasteiger partial charge on any atom is 0.435 e. The summed E-state index contributed by atoms with van der Waals surface area (Å²) >= 11 is 0. The summed E-state index contributed by atoms with van der Waals surface area (Å²) in [7, 11) is 1.24. The molecule has 2 heterocycles. The molecule has 0 aliphatic carbocycles. The lowest BCUT2D eigenvalue weighted by molar-refractivity contribution is -0.142. The van der Waals surface area contributed by atoms with Gasteiger partial charge in [-0.25, -0.2) is 22.2 Å². The van der Waals surface area contributed by atoms with Crippen molar-refractivity contribution in [3.63, 3.8) is 0 Å². The molecular weight excluding hydrogens is 411 g/mol. The van der Waals surface area contributed by atoms with Gasteiger partial charge in [0.1, 0.15) is 11.4 Å². The number of nitrogens with one attached hydrogen (secondary N) is 1. The molecule has 0 bridgehead atoms. The lowest BCUT2D eigenvalue weighted by atomic mass is 10.2. The predicted molar refractivity (Wildman–Crippen MR) is 84.6 cm³/mol. The summed E-state index contributed by atoms with van der Waals surface area (Å²) in [6, 6.07) is 2.40. The van der Waals surface area contributed by atoms with Crippen molar-refractivity contribution >= 4 is 11.6 Å². The molecule has 0 fully saturated rings. The number of hydrogen-bond acceptors (Lipinski definition) is 3. The fourth-order valence-electron chi connectivity index (χ4n) is 2.61. The molecule has 0 saturated heterocycles. The van der Waals surface area contributed by atoms with Gasteiger partial charge in [-0.3, -0.25) is 9.48 Å². The zero-order valence-corrected chi connectivity index (χ0v) is 14.3. The minimum Gasteiger partial charge on any atom is -0.319 e. The number of alkyl halides is 5. The molecule has 0 saturated carbocycles. The van der Waals surface area contributed by atoms with Gasteiger partial charge in [-0.15, -0.1) is 0 Å². The Labute approximate surface area is 157 Å². The largest absolute Gasteiger partial charge is 0.435 e. The van der Waals surface area contributed by atoms with Crippen LogP contribution in [0.4, 0.5) is 36.4 Å². The van der Waals surface area contributed by atoms with Gasteiger partial charge in [-0.05, 0) is 12.1 Å². The number of para-hydroxylation sites is 1. The average Bonchev–Trinajstić information content (AvgIpc) is 3.18. The number of carbonyl (C=O) groups is 1. The quantitative estimate of drug-likeness (QED) is 0.646. The molecule has 1 aromatic carbocycles. The highest BCUT2D eigenvalue weighted by atomic mass is 19.4. The number of nitrogens with zero attached hydrogens (tertiary/aromatic N) is 4. The molecule has 0 atom stereocenters. The first kappa shape index (κ1) is 20.4. The Morgan fingerprint density at radius 1 is 1.17 bits per heavy atom. The average molecular weight is 421 g/mol. The van der Waals surface area contributed by atoms with Crippen LogP contribution >= 0.6 is 0 Å². The third-order valence-electron chi connectivity index (χ3n) is 3.74. The van der Waals surface area contributed by atoms with Crippen LogP contribution in [0, 0.1) is 11.6 Å². The van der Waals surface area contributed by atoms with E-state index in [4.69, 9.17) is 0 Å². The summed E-state index contributed by atoms with van der Waals surface area (Å²) in [5.74, 6) is -3.99. The first-order chi connectivity index (χ1) is 13.5. The van der Waals surface area contributed by atoms with Gasteiger partial charge < -0.3 is 5.32 Å². The van der Waals surface area contributed by atoms with Gasteiger partial charge in [0.25, 0.3) is 12.3 Å². The molecule has 0 aliphatic heterocycles. The Hall–Kier alpha value is -3.38. The second-order valence-electron chi connectivity index (χ2n) is 5.74. The van der Waals surface area contributed by atoms with Crippen molar-refractivity contribution in [1.29, 1.82) is 0 Å². The van der Waals surface area contributed by atoms with Gasteiger partial charge in [0, 0.05) is 13.2 Å². The molecule has 0 aliphatic rings. The zero-order valence-electron chi connectivity index (χ0n) is 14.3. The van der Waals surface area contributed by atoms with Gasteiger partial charge >= 0.3 is 6.18 Å². The van der Waals surface area contributed by atoms with E-state index in [-0.39, 0.29) is 4.68 Å². The summed E-state index contributed by atoms with van der Waals surface area (Å²) in [5, 5.41) is 8.50. The van der Waals surface area contributed by atoms with Crippen molar-refractivity contribution in [3.8, 4) is 5.69 Å². The van der Waals surface area contributed by atoms with Crippen molar-refractivity contribution in [2.45, 2.75) is 12.6 Å². The molecule has 3 rings (SSSR count). The third kappa shape index (κ3) is 3.79. The minimum atomic E-state index is -5.20. The fraction of sp³-hybridized carbons (Fsp3) is 0.188. The Morgan fingerprint density at radius 2 is 1.79 bits per heavy atom. The van der Waals surface area contributed by atoms with Crippen LogP contribution in [0.3, 0.4) is 0 Å². The highest BCUT2D eigenvalue weighted by Gasteiger charge is 2.40. The van der Waals surface area contributed by atoms with Crippen LogP contribution in [0.1, 0.15) is 28.2 Å². The highest BCUT2D eigenvalue weighted by Crippen LogP contribution is 2.37. The Bertz CT molecular complexity index is 1050. The fourth-order valence-corrected chi connectivity index (χ4v) is 2.61. The second-order valence-corrected chi connectivity index (χ2v) is 5.74. The highest BCUT2D eigenvalue weighted by molar-refractivity contribution is 6.05. The van der Waals surface area contributed by atoms with Gasteiger partial charge in [-0.1, -0.05) is 6.07 Å². The molecule has 1 amide bonds. The number of rotatable bonds is 4. The third-order valence-corrected chi connectivity index (χ3v) is 3.74. The lowest BCUT2D eigenvalue weighted by Gasteiger charge is -2.14. The number of hydrogen-bond donors (Lipinski definition) is 1. The number of anilines is 1. The second kappa shape index (κ2) is 7.22. The van der Waals surface area contributed by atoms with E-state index in [1.807, 2.05) is 0 Å². The van der Waals surface area contributed by atoms with Gasteiger partial charge in [0.15, 0.2) is 17.3 Å². The molecule has 3 aromatic rings. The Morgan fingerprint density at radius 3 is 2.34 bits per heavy atom. The van der Waals surface area contributed by atoms with Crippen molar-refractivity contribution in [1.82, 2.24) is 19.6 Å². The molecule has 0 unspecified atom stereocenters. The van der Waals surface area contributed by atoms with E-state index in [9.17, 15) is 35.5 Å². The number of aryl methyl sites for hydroxylation is 1. The van der Waals surface area contributed by atoms with Crippen LogP contribution in [0.5, 0.6) is 0 Å². The molecule has 2 aromatic heterocycles. The predicted octanol–water partition coefficient (Wildman–Crippen LogP) is 4.09. The van der Waals surface area contributed by atoms with E-state index < -0.39 is 58.5 Å². The van der Waals surface area contributed by atoms with E-state index in [0.717, 1.165) is 29.1 Å². The van der Waals surface area contributed by atoms with E-state index in [1.165, 1.54) is 7.05 Å². The van der Waals surface area contributed by atoms with E-state index in [0.29, 0.717) is 6.20 Å². The molecule has 13 heteroatoms. The topological polar surface area (TPSA) is 64.7 Å². The van der Waals surface area contributed by atoms with Gasteiger partial charge in [0.05, 0.1) is 17.4 Å². The molecule has 29 heavy (non-hydrogen) atoms. The summed E-state index contributed by atoms with van der Waals surface area (Å²) in [6.07, 6.45) is -6.96. The lowest BCUT2D eigenvalue weighted by Crippen LogP contribution is -2.20. The van der Waals surface area contributed by atoms with E-state index in [1.54, 1.807) is 5.32 Å². The van der Waals surface area contributed by atoms with Crippen LogP contribution in [0.2, 0.25) is 0 Å². The first-order valence-corrected chi connectivity index (χ1v) is 7.73. The number of carbonyl (C=O) groups excluding carboxylic acids is 1. The molecule has 0 radical (unpaired) electrons. The summed E-state index contributed by atoms with van der Waals surface area (Å²) < 4.78 is 95.4. The molecule has 1 N–H and O–H groups in total. The Balaban J connectivity index is 2.08. The zero-order chi connectivity index (χ0) is 21.5. The van der Waals surface area contributed by atoms with Crippen molar-refractivity contribution in [2.24, 2.45) is 7.05 Å². The van der Waals surface area contributed by atoms with E-state index >= 15 is 0 Å². The maximum absolute atomic E-state index is 13.9. The first-order valence-electron chi connectivity index (χ1n) is 7.73. The normalized spacial score (nSPS) is 11.9. The summed E-state index contributed by atoms with van der Waals surface area (Å²) in [4.78, 5) is 12.3. The van der Waals surface area contributed by atoms with Crippen LogP contribution < -0.4 is 5.32 Å². The van der Waals surface area contributed by atoms with Crippen LogP contribution in [0.15, 0.2) is 30.6 Å². The van der Waals surface area contributed by atoms with Gasteiger partial charge in [-0.2, -0.15) is 23.4 Å². The number of halogens is 7. The number of amides is 1.